The van der Waals surface area contributed by atoms with Crippen molar-refractivity contribution in [3.63, 3.8) is 0 Å². The van der Waals surface area contributed by atoms with Gasteiger partial charge in [0, 0.05) is 18.6 Å². The predicted octanol–water partition coefficient (Wildman–Crippen LogP) is 1.09. The van der Waals surface area contributed by atoms with Gasteiger partial charge in [0.2, 0.25) is 0 Å². The van der Waals surface area contributed by atoms with E-state index in [1.807, 2.05) is 14.0 Å². The second kappa shape index (κ2) is 2.65. The molecule has 0 N–H and O–H groups in total. The number of carbonyl (C=O) groups is 1. The largest absolute Gasteiger partial charge is 0.326 e. The van der Waals surface area contributed by atoms with E-state index in [0.29, 0.717) is 11.5 Å². The number of aldehydes is 1. The fraction of sp³-hybridized carbons (Fsp3) is 0.222. The summed E-state index contributed by atoms with van der Waals surface area (Å²) >= 11 is 0. The molecule has 0 radical (unpaired) electrons. The summed E-state index contributed by atoms with van der Waals surface area (Å²) in [5.74, 6) is 0.714. The first-order valence-electron chi connectivity index (χ1n) is 3.96. The van der Waals surface area contributed by atoms with Crippen LogP contribution in [0.15, 0.2) is 12.3 Å². The molecular weight excluding hydrogens is 166 g/mol. The number of nitrogens with zero attached hydrogens (tertiary/aromatic N) is 3. The van der Waals surface area contributed by atoms with Crippen LogP contribution in [0.3, 0.4) is 0 Å². The molecule has 4 heteroatoms. The molecule has 66 valence electrons. The highest BCUT2D eigenvalue weighted by atomic mass is 16.1. The maximum absolute atomic E-state index is 10.6. The van der Waals surface area contributed by atoms with Gasteiger partial charge in [-0.1, -0.05) is 0 Å². The van der Waals surface area contributed by atoms with Crippen LogP contribution in [-0.4, -0.2) is 20.8 Å². The third-order valence-corrected chi connectivity index (χ3v) is 2.05. The van der Waals surface area contributed by atoms with Gasteiger partial charge >= 0.3 is 0 Å². The van der Waals surface area contributed by atoms with Crippen molar-refractivity contribution < 1.29 is 4.79 Å². The van der Waals surface area contributed by atoms with Crippen molar-refractivity contribution in [2.24, 2.45) is 7.05 Å². The van der Waals surface area contributed by atoms with Crippen molar-refractivity contribution in [2.45, 2.75) is 6.92 Å². The van der Waals surface area contributed by atoms with Crippen molar-refractivity contribution in [3.8, 4) is 0 Å². The van der Waals surface area contributed by atoms with Gasteiger partial charge in [-0.15, -0.1) is 0 Å². The Balaban J connectivity index is 2.84. The van der Waals surface area contributed by atoms with Crippen LogP contribution in [0, 0.1) is 6.92 Å². The molecule has 0 amide bonds. The van der Waals surface area contributed by atoms with E-state index in [4.69, 9.17) is 0 Å². The first kappa shape index (κ1) is 7.91. The van der Waals surface area contributed by atoms with Crippen LogP contribution in [0.1, 0.15) is 16.3 Å². The summed E-state index contributed by atoms with van der Waals surface area (Å²) in [6.07, 6.45) is 2.54. The molecule has 4 nitrogen and oxygen atoms in total. The summed E-state index contributed by atoms with van der Waals surface area (Å²) in [5.41, 5.74) is 1.42. The third kappa shape index (κ3) is 1.11. The van der Waals surface area contributed by atoms with Crippen LogP contribution in [0.25, 0.3) is 11.0 Å². The SMILES string of the molecule is Cc1ncc2cc(C=O)n(C)c2n1. The van der Waals surface area contributed by atoms with Crippen LogP contribution in [0.5, 0.6) is 0 Å². The minimum Gasteiger partial charge on any atom is -0.326 e. The maximum atomic E-state index is 10.6. The Bertz CT molecular complexity index is 473. The smallest absolute Gasteiger partial charge is 0.166 e. The van der Waals surface area contributed by atoms with E-state index in [0.717, 1.165) is 17.3 Å². The minimum absolute atomic E-state index is 0.620. The highest BCUT2D eigenvalue weighted by Gasteiger charge is 2.05. The molecular formula is C9H9N3O. The standard InChI is InChI=1S/C9H9N3O/c1-6-10-4-7-3-8(5-13)12(2)9(7)11-6/h3-5H,1-2H3. The Morgan fingerprint density at radius 2 is 2.31 bits per heavy atom. The molecule has 2 aromatic heterocycles. The van der Waals surface area contributed by atoms with Gasteiger partial charge in [-0.25, -0.2) is 9.97 Å². The Morgan fingerprint density at radius 1 is 1.54 bits per heavy atom. The molecule has 0 unspecified atom stereocenters. The van der Waals surface area contributed by atoms with Crippen LogP contribution in [-0.2, 0) is 7.05 Å². The molecule has 0 saturated carbocycles. The van der Waals surface area contributed by atoms with E-state index in [-0.39, 0.29) is 0 Å². The Kier molecular flexibility index (Phi) is 1.62. The van der Waals surface area contributed by atoms with Gasteiger partial charge in [0.15, 0.2) is 6.29 Å². The molecule has 0 atom stereocenters. The summed E-state index contributed by atoms with van der Waals surface area (Å²) in [7, 11) is 1.82. The predicted molar refractivity (Wildman–Crippen MR) is 48.6 cm³/mol. The van der Waals surface area contributed by atoms with E-state index in [1.54, 1.807) is 16.8 Å². The molecule has 0 fully saturated rings. The molecule has 0 bridgehead atoms. The molecule has 0 spiro atoms. The molecule has 13 heavy (non-hydrogen) atoms. The molecule has 2 heterocycles. The number of carbonyl (C=O) groups excluding carboxylic acids is 1. The highest BCUT2D eigenvalue weighted by Crippen LogP contribution is 2.14. The van der Waals surface area contributed by atoms with Gasteiger partial charge < -0.3 is 4.57 Å². The lowest BCUT2D eigenvalue weighted by Crippen LogP contribution is -1.96. The molecule has 0 aromatic carbocycles. The molecule has 0 aliphatic rings. The summed E-state index contributed by atoms with van der Waals surface area (Å²) in [5, 5.41) is 0.898. The number of hydrogen-bond acceptors (Lipinski definition) is 3. The summed E-state index contributed by atoms with van der Waals surface area (Å²) in [4.78, 5) is 18.9. The number of aryl methyl sites for hydroxylation is 2. The maximum Gasteiger partial charge on any atom is 0.166 e. The van der Waals surface area contributed by atoms with Gasteiger partial charge in [-0.2, -0.15) is 0 Å². The fourth-order valence-electron chi connectivity index (χ4n) is 1.33. The van der Waals surface area contributed by atoms with Crippen molar-refractivity contribution in [2.75, 3.05) is 0 Å². The average molecular weight is 175 g/mol. The third-order valence-electron chi connectivity index (χ3n) is 2.05. The van der Waals surface area contributed by atoms with Gasteiger partial charge in [0.05, 0.1) is 5.69 Å². The van der Waals surface area contributed by atoms with E-state index in [2.05, 4.69) is 9.97 Å². The molecule has 0 aliphatic carbocycles. The van der Waals surface area contributed by atoms with E-state index >= 15 is 0 Å². The average Bonchev–Trinajstić information content (AvgIpc) is 2.44. The molecule has 0 saturated heterocycles. The number of rotatable bonds is 1. The number of hydrogen-bond donors (Lipinski definition) is 0. The first-order valence-corrected chi connectivity index (χ1v) is 3.96. The van der Waals surface area contributed by atoms with Gasteiger partial charge in [-0.3, -0.25) is 4.79 Å². The van der Waals surface area contributed by atoms with E-state index in [1.165, 1.54) is 0 Å². The second-order valence-electron chi connectivity index (χ2n) is 2.94. The van der Waals surface area contributed by atoms with Crippen molar-refractivity contribution in [1.82, 2.24) is 14.5 Å². The van der Waals surface area contributed by atoms with Crippen LogP contribution < -0.4 is 0 Å². The van der Waals surface area contributed by atoms with Crippen LogP contribution in [0.2, 0.25) is 0 Å². The van der Waals surface area contributed by atoms with Crippen molar-refractivity contribution >= 4 is 17.3 Å². The van der Waals surface area contributed by atoms with Gasteiger partial charge in [0.1, 0.15) is 11.5 Å². The fourth-order valence-corrected chi connectivity index (χ4v) is 1.33. The van der Waals surface area contributed by atoms with Gasteiger partial charge in [0.25, 0.3) is 0 Å². The first-order chi connectivity index (χ1) is 6.22. The zero-order valence-electron chi connectivity index (χ0n) is 7.48. The van der Waals surface area contributed by atoms with Crippen LogP contribution in [0.4, 0.5) is 0 Å². The zero-order valence-corrected chi connectivity index (χ0v) is 7.48. The van der Waals surface area contributed by atoms with E-state index < -0.39 is 0 Å². The quantitative estimate of drug-likeness (QED) is 0.609. The lowest BCUT2D eigenvalue weighted by Gasteiger charge is -1.96. The van der Waals surface area contributed by atoms with Gasteiger partial charge in [-0.05, 0) is 13.0 Å². The zero-order chi connectivity index (χ0) is 9.42. The normalized spacial score (nSPS) is 10.6. The summed E-state index contributed by atoms with van der Waals surface area (Å²) in [6, 6.07) is 1.78. The van der Waals surface area contributed by atoms with Crippen molar-refractivity contribution in [3.05, 3.63) is 23.8 Å². The lowest BCUT2D eigenvalue weighted by molar-refractivity contribution is 0.111. The summed E-state index contributed by atoms with van der Waals surface area (Å²) in [6.45, 7) is 1.83. The van der Waals surface area contributed by atoms with Crippen LogP contribution >= 0.6 is 0 Å². The Labute approximate surface area is 75.2 Å². The minimum atomic E-state index is 0.620. The highest BCUT2D eigenvalue weighted by molar-refractivity contribution is 5.86. The molecule has 0 aliphatic heterocycles. The summed E-state index contributed by atoms with van der Waals surface area (Å²) < 4.78 is 1.76. The van der Waals surface area contributed by atoms with E-state index in [9.17, 15) is 4.79 Å². The lowest BCUT2D eigenvalue weighted by atomic mass is 10.4. The Morgan fingerprint density at radius 3 is 3.00 bits per heavy atom. The topological polar surface area (TPSA) is 47.8 Å². The number of aromatic nitrogens is 3. The number of fused-ring (bicyclic) bond motifs is 1. The monoisotopic (exact) mass is 175 g/mol. The van der Waals surface area contributed by atoms with Crippen molar-refractivity contribution in [1.29, 1.82) is 0 Å². The second-order valence-corrected chi connectivity index (χ2v) is 2.94. The Hall–Kier alpha value is -1.71. The molecule has 2 rings (SSSR count). The molecule has 2 aromatic rings.